The lowest BCUT2D eigenvalue weighted by Gasteiger charge is -2.14. The lowest BCUT2D eigenvalue weighted by molar-refractivity contribution is 1.20. The van der Waals surface area contributed by atoms with Crippen LogP contribution in [0.1, 0.15) is 72.3 Å². The molecule has 0 atom stereocenters. The van der Waals surface area contributed by atoms with Gasteiger partial charge in [0.05, 0.1) is 0 Å². The van der Waals surface area contributed by atoms with Gasteiger partial charge in [-0.15, -0.1) is 0 Å². The summed E-state index contributed by atoms with van der Waals surface area (Å²) >= 11 is 0. The second kappa shape index (κ2) is 8.88. The maximum absolute atomic E-state index is 3.48. The van der Waals surface area contributed by atoms with E-state index in [1.807, 2.05) is 0 Å². The van der Waals surface area contributed by atoms with Gasteiger partial charge in [0.15, 0.2) is 0 Å². The molecule has 0 spiro atoms. The van der Waals surface area contributed by atoms with Crippen molar-refractivity contribution in [1.82, 2.24) is 0 Å². The second-order valence-electron chi connectivity index (χ2n) is 8.75. The lowest BCUT2D eigenvalue weighted by Crippen LogP contribution is -2.01. The van der Waals surface area contributed by atoms with Crippen molar-refractivity contribution in [1.29, 1.82) is 0 Å². The minimum Gasteiger partial charge on any atom is -0.0614 e. The fourth-order valence-corrected chi connectivity index (χ4v) is 3.99. The molecular formula is C31H32. The predicted molar refractivity (Wildman–Crippen MR) is 134 cm³/mol. The van der Waals surface area contributed by atoms with Gasteiger partial charge in [0, 0.05) is 22.3 Å². The first-order chi connectivity index (χ1) is 14.6. The van der Waals surface area contributed by atoms with Crippen LogP contribution >= 0.6 is 0 Å². The van der Waals surface area contributed by atoms with E-state index in [2.05, 4.69) is 116 Å². The summed E-state index contributed by atoms with van der Waals surface area (Å²) in [7, 11) is 0. The largest absolute Gasteiger partial charge is 0.0614 e. The highest BCUT2D eigenvalue weighted by molar-refractivity contribution is 5.63. The Bertz CT molecular complexity index is 1280. The van der Waals surface area contributed by atoms with E-state index >= 15 is 0 Å². The van der Waals surface area contributed by atoms with Crippen LogP contribution in [-0.2, 0) is 0 Å². The maximum atomic E-state index is 3.48. The molecule has 156 valence electrons. The predicted octanol–water partition coefficient (Wildman–Crippen LogP) is 7.26. The smallest absolute Gasteiger partial charge is 0.0313 e. The summed E-state index contributed by atoms with van der Waals surface area (Å²) in [5, 5.41) is 0. The van der Waals surface area contributed by atoms with Crippen LogP contribution in [-0.4, -0.2) is 0 Å². The van der Waals surface area contributed by atoms with E-state index in [4.69, 9.17) is 0 Å². The molecule has 0 heterocycles. The van der Waals surface area contributed by atoms with Crippen molar-refractivity contribution in [2.75, 3.05) is 0 Å². The van der Waals surface area contributed by atoms with Gasteiger partial charge >= 0.3 is 0 Å². The molecule has 0 radical (unpaired) electrons. The third kappa shape index (κ3) is 4.45. The molecule has 0 aromatic heterocycles. The summed E-state index contributed by atoms with van der Waals surface area (Å²) in [4.78, 5) is 0. The summed E-state index contributed by atoms with van der Waals surface area (Å²) in [6.45, 7) is 19.4. The van der Waals surface area contributed by atoms with Gasteiger partial charge in [0.25, 0.3) is 0 Å². The maximum Gasteiger partial charge on any atom is 0.0313 e. The molecule has 0 amide bonds. The van der Waals surface area contributed by atoms with Crippen molar-refractivity contribution < 1.29 is 0 Å². The van der Waals surface area contributed by atoms with Crippen molar-refractivity contribution in [3.05, 3.63) is 103 Å². The molecule has 0 saturated carbocycles. The van der Waals surface area contributed by atoms with Crippen LogP contribution in [0, 0.1) is 86.0 Å². The Labute approximate surface area is 188 Å². The van der Waals surface area contributed by atoms with Gasteiger partial charge in [0.1, 0.15) is 0 Å². The molecule has 0 unspecified atom stereocenters. The minimum atomic E-state index is 1.09. The fourth-order valence-electron chi connectivity index (χ4n) is 3.99. The van der Waals surface area contributed by atoms with E-state index in [0.717, 1.165) is 22.3 Å². The molecule has 0 nitrogen and oxygen atoms in total. The molecule has 0 aliphatic rings. The Hall–Kier alpha value is -3.22. The van der Waals surface area contributed by atoms with Crippen LogP contribution in [0.2, 0.25) is 0 Å². The van der Waals surface area contributed by atoms with E-state index in [1.54, 1.807) is 0 Å². The molecule has 3 aromatic rings. The highest BCUT2D eigenvalue weighted by Gasteiger charge is 2.12. The summed E-state index contributed by atoms with van der Waals surface area (Å²) < 4.78 is 0. The third-order valence-corrected chi connectivity index (χ3v) is 6.71. The van der Waals surface area contributed by atoms with Crippen molar-refractivity contribution in [2.24, 2.45) is 0 Å². The Morgan fingerprint density at radius 2 is 0.903 bits per heavy atom. The molecule has 0 fully saturated rings. The average Bonchev–Trinajstić information content (AvgIpc) is 2.73. The first kappa shape index (κ1) is 22.5. The van der Waals surface area contributed by atoms with Crippen molar-refractivity contribution in [3.8, 4) is 23.7 Å². The first-order valence-electron chi connectivity index (χ1n) is 10.9. The van der Waals surface area contributed by atoms with Crippen molar-refractivity contribution >= 4 is 0 Å². The summed E-state index contributed by atoms with van der Waals surface area (Å²) in [5.41, 5.74) is 15.8. The molecule has 3 rings (SSSR count). The van der Waals surface area contributed by atoms with Crippen molar-refractivity contribution in [2.45, 2.75) is 62.3 Å². The topological polar surface area (TPSA) is 0 Å². The van der Waals surface area contributed by atoms with Gasteiger partial charge in [-0.25, -0.2) is 0 Å². The molecule has 0 aliphatic carbocycles. The number of hydrogen-bond acceptors (Lipinski definition) is 0. The molecule has 0 heteroatoms. The summed E-state index contributed by atoms with van der Waals surface area (Å²) in [6.07, 6.45) is 0. The third-order valence-electron chi connectivity index (χ3n) is 6.71. The number of benzene rings is 3. The lowest BCUT2D eigenvalue weighted by atomic mass is 9.89. The second-order valence-corrected chi connectivity index (χ2v) is 8.75. The van der Waals surface area contributed by atoms with Gasteiger partial charge in [-0.3, -0.25) is 0 Å². The molecule has 0 aliphatic heterocycles. The van der Waals surface area contributed by atoms with Gasteiger partial charge in [-0.1, -0.05) is 47.4 Å². The van der Waals surface area contributed by atoms with Crippen LogP contribution in [0.4, 0.5) is 0 Å². The van der Waals surface area contributed by atoms with E-state index in [-0.39, 0.29) is 0 Å². The standard InChI is InChI=1S/C31H32/c1-19-10-12-28(21(3)18-19)14-16-30-24(6)26(8)31(27(9)25(30)7)17-15-29-13-11-20(2)22(4)23(29)5/h10-13,18H,1-9H3. The van der Waals surface area contributed by atoms with E-state index in [0.29, 0.717) is 0 Å². The molecular weight excluding hydrogens is 372 g/mol. The van der Waals surface area contributed by atoms with Gasteiger partial charge in [0.2, 0.25) is 0 Å². The van der Waals surface area contributed by atoms with Crippen LogP contribution in [0.15, 0.2) is 30.3 Å². The summed E-state index contributed by atoms with van der Waals surface area (Å²) in [5.74, 6) is 13.8. The zero-order chi connectivity index (χ0) is 22.9. The monoisotopic (exact) mass is 404 g/mol. The molecule has 0 bridgehead atoms. The average molecular weight is 405 g/mol. The highest BCUT2D eigenvalue weighted by Crippen LogP contribution is 2.26. The number of rotatable bonds is 0. The van der Waals surface area contributed by atoms with E-state index < -0.39 is 0 Å². The van der Waals surface area contributed by atoms with Crippen LogP contribution in [0.5, 0.6) is 0 Å². The van der Waals surface area contributed by atoms with E-state index in [1.165, 1.54) is 50.1 Å². The Balaban J connectivity index is 2.09. The number of aryl methyl sites for hydroxylation is 3. The molecule has 31 heavy (non-hydrogen) atoms. The van der Waals surface area contributed by atoms with Crippen LogP contribution in [0.3, 0.4) is 0 Å². The molecule has 0 saturated heterocycles. The molecule has 3 aromatic carbocycles. The zero-order valence-electron chi connectivity index (χ0n) is 20.4. The normalized spacial score (nSPS) is 10.2. The summed E-state index contributed by atoms with van der Waals surface area (Å²) in [6, 6.07) is 10.7. The quantitative estimate of drug-likeness (QED) is 0.346. The molecule has 0 N–H and O–H groups in total. The SMILES string of the molecule is Cc1ccc(C#Cc2c(C)c(C)c(C#Cc3ccc(C)c(C)c3C)c(C)c2C)c(C)c1. The van der Waals surface area contributed by atoms with Crippen molar-refractivity contribution in [3.63, 3.8) is 0 Å². The van der Waals surface area contributed by atoms with Gasteiger partial charge in [-0.2, -0.15) is 0 Å². The zero-order valence-corrected chi connectivity index (χ0v) is 20.4. The Kier molecular flexibility index (Phi) is 6.43. The minimum absolute atomic E-state index is 1.09. The van der Waals surface area contributed by atoms with Crippen LogP contribution in [0.25, 0.3) is 0 Å². The highest BCUT2D eigenvalue weighted by atomic mass is 14.2. The number of hydrogen-bond donors (Lipinski definition) is 0. The Morgan fingerprint density at radius 3 is 1.42 bits per heavy atom. The van der Waals surface area contributed by atoms with Crippen LogP contribution < -0.4 is 0 Å². The van der Waals surface area contributed by atoms with Gasteiger partial charge < -0.3 is 0 Å². The fraction of sp³-hybridized carbons (Fsp3) is 0.290. The van der Waals surface area contributed by atoms with E-state index in [9.17, 15) is 0 Å². The Morgan fingerprint density at radius 1 is 0.419 bits per heavy atom. The first-order valence-corrected chi connectivity index (χ1v) is 10.9. The van der Waals surface area contributed by atoms with Gasteiger partial charge in [-0.05, 0) is 119 Å².